The smallest absolute Gasteiger partial charge is 0.291 e. The third-order valence-electron chi connectivity index (χ3n) is 3.61. The van der Waals surface area contributed by atoms with Crippen molar-refractivity contribution in [2.45, 2.75) is 0 Å². The molecule has 0 saturated carbocycles. The summed E-state index contributed by atoms with van der Waals surface area (Å²) in [6.07, 6.45) is 0. The number of anilines is 1. The number of nitrogens with one attached hydrogen (secondary N) is 1. The summed E-state index contributed by atoms with van der Waals surface area (Å²) in [7, 11) is 1.47. The zero-order valence-electron chi connectivity index (χ0n) is 13.6. The summed E-state index contributed by atoms with van der Waals surface area (Å²) in [5.74, 6) is 0.129. The number of nitro groups is 1. The van der Waals surface area contributed by atoms with Crippen LogP contribution >= 0.6 is 11.6 Å². The molecule has 0 aliphatic rings. The summed E-state index contributed by atoms with van der Waals surface area (Å²) in [5.41, 5.74) is 0.566. The van der Waals surface area contributed by atoms with Crippen molar-refractivity contribution in [2.75, 3.05) is 12.4 Å². The fourth-order valence-electron chi connectivity index (χ4n) is 2.41. The maximum Gasteiger partial charge on any atom is 0.291 e. The summed E-state index contributed by atoms with van der Waals surface area (Å²) in [5, 5.41) is 14.2. The minimum atomic E-state index is -0.532. The van der Waals surface area contributed by atoms with E-state index in [1.807, 2.05) is 0 Å². The fraction of sp³-hybridized carbons (Fsp3) is 0.0556. The van der Waals surface area contributed by atoms with Gasteiger partial charge in [0.15, 0.2) is 5.76 Å². The van der Waals surface area contributed by atoms with E-state index in [2.05, 4.69) is 5.32 Å². The second-order valence-corrected chi connectivity index (χ2v) is 5.67. The third-order valence-corrected chi connectivity index (χ3v) is 3.84. The lowest BCUT2D eigenvalue weighted by molar-refractivity contribution is -0.384. The molecule has 132 valence electrons. The van der Waals surface area contributed by atoms with Gasteiger partial charge in [-0.25, -0.2) is 0 Å². The Labute approximate surface area is 153 Å². The molecule has 0 atom stereocenters. The van der Waals surface area contributed by atoms with Crippen LogP contribution < -0.4 is 10.1 Å². The minimum Gasteiger partial charge on any atom is -0.495 e. The quantitative estimate of drug-likeness (QED) is 0.514. The van der Waals surface area contributed by atoms with Crippen molar-refractivity contribution >= 4 is 28.9 Å². The van der Waals surface area contributed by atoms with Gasteiger partial charge in [-0.1, -0.05) is 23.7 Å². The Morgan fingerprint density at radius 1 is 1.19 bits per heavy atom. The van der Waals surface area contributed by atoms with Gasteiger partial charge in [-0.15, -0.1) is 0 Å². The SMILES string of the molecule is COc1ccc(Cl)cc1NC(=O)c1ccc(-c2ccccc2[N+](=O)[O-])o1. The van der Waals surface area contributed by atoms with Crippen LogP contribution in [0, 0.1) is 10.1 Å². The molecule has 1 N–H and O–H groups in total. The maximum absolute atomic E-state index is 12.4. The van der Waals surface area contributed by atoms with Crippen LogP contribution in [-0.2, 0) is 0 Å². The molecular formula is C18H13ClN2O5. The Morgan fingerprint density at radius 2 is 1.96 bits per heavy atom. The van der Waals surface area contributed by atoms with E-state index < -0.39 is 10.8 Å². The van der Waals surface area contributed by atoms with Crippen LogP contribution in [0.5, 0.6) is 5.75 Å². The number of methoxy groups -OCH3 is 1. The van der Waals surface area contributed by atoms with Crippen LogP contribution in [0.15, 0.2) is 59.0 Å². The molecule has 1 amide bonds. The molecule has 0 unspecified atom stereocenters. The summed E-state index contributed by atoms with van der Waals surface area (Å²) in [4.78, 5) is 23.1. The van der Waals surface area contributed by atoms with E-state index in [1.165, 1.54) is 25.3 Å². The molecular weight excluding hydrogens is 360 g/mol. The van der Waals surface area contributed by atoms with Gasteiger partial charge in [-0.3, -0.25) is 14.9 Å². The average Bonchev–Trinajstić information content (AvgIpc) is 3.12. The van der Waals surface area contributed by atoms with E-state index in [0.717, 1.165) is 0 Å². The second kappa shape index (κ2) is 7.28. The van der Waals surface area contributed by atoms with Gasteiger partial charge in [-0.05, 0) is 36.4 Å². The minimum absolute atomic E-state index is 0.000166. The molecule has 0 aliphatic heterocycles. The fourth-order valence-corrected chi connectivity index (χ4v) is 2.58. The summed E-state index contributed by atoms with van der Waals surface area (Å²) in [6, 6.07) is 13.9. The molecule has 26 heavy (non-hydrogen) atoms. The van der Waals surface area contributed by atoms with Gasteiger partial charge in [-0.2, -0.15) is 0 Å². The standard InChI is InChI=1S/C18H13ClN2O5/c1-25-16-7-6-11(19)10-13(16)20-18(22)17-9-8-15(26-17)12-4-2-3-5-14(12)21(23)24/h2-10H,1H3,(H,20,22). The van der Waals surface area contributed by atoms with Gasteiger partial charge < -0.3 is 14.5 Å². The number of nitro benzene ring substituents is 1. The van der Waals surface area contributed by atoms with Crippen molar-refractivity contribution in [1.29, 1.82) is 0 Å². The van der Waals surface area contributed by atoms with Crippen LogP contribution in [0.25, 0.3) is 11.3 Å². The first-order valence-corrected chi connectivity index (χ1v) is 7.86. The molecule has 0 bridgehead atoms. The molecule has 0 fully saturated rings. The molecule has 3 aromatic rings. The lowest BCUT2D eigenvalue weighted by Crippen LogP contribution is -2.11. The number of nitrogens with zero attached hydrogens (tertiary/aromatic N) is 1. The normalized spacial score (nSPS) is 10.4. The monoisotopic (exact) mass is 372 g/mol. The Kier molecular flexibility index (Phi) is 4.90. The second-order valence-electron chi connectivity index (χ2n) is 5.24. The van der Waals surface area contributed by atoms with Crippen molar-refractivity contribution in [3.63, 3.8) is 0 Å². The average molecular weight is 373 g/mol. The number of carbonyl (C=O) groups excluding carboxylic acids is 1. The van der Waals surface area contributed by atoms with E-state index in [1.54, 1.807) is 36.4 Å². The number of rotatable bonds is 5. The molecule has 2 aromatic carbocycles. The molecule has 8 heteroatoms. The number of furan rings is 1. The maximum atomic E-state index is 12.4. The Morgan fingerprint density at radius 3 is 2.69 bits per heavy atom. The van der Waals surface area contributed by atoms with E-state index in [9.17, 15) is 14.9 Å². The van der Waals surface area contributed by atoms with Gasteiger partial charge >= 0.3 is 0 Å². The first-order valence-electron chi connectivity index (χ1n) is 7.48. The highest BCUT2D eigenvalue weighted by Gasteiger charge is 2.20. The van der Waals surface area contributed by atoms with Crippen LogP contribution in [0.3, 0.4) is 0 Å². The molecule has 1 heterocycles. The number of benzene rings is 2. The topological polar surface area (TPSA) is 94.6 Å². The van der Waals surface area contributed by atoms with Crippen molar-refractivity contribution in [3.8, 4) is 17.1 Å². The van der Waals surface area contributed by atoms with E-state index >= 15 is 0 Å². The molecule has 0 aliphatic carbocycles. The summed E-state index contributed by atoms with van der Waals surface area (Å²) >= 11 is 5.94. The number of halogens is 1. The lowest BCUT2D eigenvalue weighted by atomic mass is 10.1. The number of ether oxygens (including phenoxy) is 1. The third kappa shape index (κ3) is 3.52. The number of carbonyl (C=O) groups is 1. The van der Waals surface area contributed by atoms with Crippen molar-refractivity contribution in [3.05, 3.63) is 75.5 Å². The van der Waals surface area contributed by atoms with Gasteiger partial charge in [0.25, 0.3) is 11.6 Å². The first-order chi connectivity index (χ1) is 12.5. The molecule has 0 radical (unpaired) electrons. The highest BCUT2D eigenvalue weighted by molar-refractivity contribution is 6.31. The summed E-state index contributed by atoms with van der Waals surface area (Å²) in [6.45, 7) is 0. The Hall–Kier alpha value is -3.32. The van der Waals surface area contributed by atoms with Gasteiger partial charge in [0.1, 0.15) is 11.5 Å². The van der Waals surface area contributed by atoms with Gasteiger partial charge in [0.2, 0.25) is 0 Å². The van der Waals surface area contributed by atoms with E-state index in [0.29, 0.717) is 16.5 Å². The van der Waals surface area contributed by atoms with Crippen LogP contribution in [0.1, 0.15) is 10.6 Å². The number of hydrogen-bond donors (Lipinski definition) is 1. The van der Waals surface area contributed by atoms with Crippen molar-refractivity contribution in [1.82, 2.24) is 0 Å². The molecule has 0 saturated heterocycles. The number of para-hydroxylation sites is 1. The first kappa shape index (κ1) is 17.5. The molecule has 3 rings (SSSR count). The zero-order valence-corrected chi connectivity index (χ0v) is 14.3. The van der Waals surface area contributed by atoms with E-state index in [4.69, 9.17) is 20.8 Å². The van der Waals surface area contributed by atoms with Crippen molar-refractivity contribution in [2.24, 2.45) is 0 Å². The molecule has 1 aromatic heterocycles. The largest absolute Gasteiger partial charge is 0.495 e. The Bertz CT molecular complexity index is 983. The summed E-state index contributed by atoms with van der Waals surface area (Å²) < 4.78 is 10.7. The highest BCUT2D eigenvalue weighted by Crippen LogP contribution is 2.32. The number of hydrogen-bond acceptors (Lipinski definition) is 5. The van der Waals surface area contributed by atoms with Crippen LogP contribution in [0.4, 0.5) is 11.4 Å². The Balaban J connectivity index is 1.88. The van der Waals surface area contributed by atoms with Crippen molar-refractivity contribution < 1.29 is 18.9 Å². The van der Waals surface area contributed by atoms with Gasteiger partial charge in [0.05, 0.1) is 23.3 Å². The molecule has 0 spiro atoms. The lowest BCUT2D eigenvalue weighted by Gasteiger charge is -2.09. The van der Waals surface area contributed by atoms with Gasteiger partial charge in [0, 0.05) is 11.1 Å². The zero-order chi connectivity index (χ0) is 18.7. The van der Waals surface area contributed by atoms with Crippen LogP contribution in [0.2, 0.25) is 5.02 Å². The predicted molar refractivity (Wildman–Crippen MR) is 96.8 cm³/mol. The van der Waals surface area contributed by atoms with E-state index in [-0.39, 0.29) is 22.8 Å². The molecule has 7 nitrogen and oxygen atoms in total. The highest BCUT2D eigenvalue weighted by atomic mass is 35.5. The number of amides is 1. The predicted octanol–water partition coefficient (Wildman–Crippen LogP) is 4.77. The van der Waals surface area contributed by atoms with Crippen LogP contribution in [-0.4, -0.2) is 17.9 Å².